The molecule has 0 unspecified atom stereocenters. The first-order valence-corrected chi connectivity index (χ1v) is 12.5. The van der Waals surface area contributed by atoms with Crippen LogP contribution in [0.15, 0.2) is 12.5 Å². The maximum Gasteiger partial charge on any atom is 0.239 e. The van der Waals surface area contributed by atoms with E-state index in [9.17, 15) is 4.79 Å². The van der Waals surface area contributed by atoms with Gasteiger partial charge in [0.2, 0.25) is 5.91 Å². The van der Waals surface area contributed by atoms with Gasteiger partial charge in [0, 0.05) is 43.5 Å². The van der Waals surface area contributed by atoms with Gasteiger partial charge >= 0.3 is 0 Å². The van der Waals surface area contributed by atoms with E-state index in [0.717, 1.165) is 24.7 Å². The van der Waals surface area contributed by atoms with Gasteiger partial charge in [-0.05, 0) is 50.0 Å². The second kappa shape index (κ2) is 8.99. The third-order valence-corrected chi connectivity index (χ3v) is 8.54. The van der Waals surface area contributed by atoms with Crippen LogP contribution in [0.1, 0.15) is 69.9 Å². The van der Waals surface area contributed by atoms with Crippen LogP contribution in [0.2, 0.25) is 0 Å². The molecule has 1 aliphatic carbocycles. The zero-order valence-corrected chi connectivity index (χ0v) is 18.3. The molecule has 1 amide bonds. The van der Waals surface area contributed by atoms with Crippen LogP contribution in [-0.2, 0) is 11.2 Å². The molecule has 4 aliphatic rings. The monoisotopic (exact) mass is 413 g/mol. The minimum Gasteiger partial charge on any atom is -0.348 e. The Morgan fingerprint density at radius 1 is 1.13 bits per heavy atom. The van der Waals surface area contributed by atoms with Crippen LogP contribution in [0.4, 0.5) is 0 Å². The Balaban J connectivity index is 1.30. The highest BCUT2D eigenvalue weighted by atomic mass is 16.2. The number of likely N-dealkylation sites (tertiary alicyclic amines) is 1. The van der Waals surface area contributed by atoms with Crippen LogP contribution in [-0.4, -0.2) is 63.4 Å². The number of piperidine rings is 3. The van der Waals surface area contributed by atoms with Gasteiger partial charge in [0.1, 0.15) is 0 Å². The van der Waals surface area contributed by atoms with Crippen LogP contribution in [0.3, 0.4) is 0 Å². The number of nitrogens with one attached hydrogen (secondary N) is 1. The Labute approximate surface area is 181 Å². The molecule has 1 aromatic rings. The number of nitrogens with two attached hydrogens (primary N) is 1. The van der Waals surface area contributed by atoms with Gasteiger partial charge in [-0.3, -0.25) is 9.69 Å². The number of H-pyrrole nitrogens is 1. The summed E-state index contributed by atoms with van der Waals surface area (Å²) in [5.41, 5.74) is 7.30. The van der Waals surface area contributed by atoms with Gasteiger partial charge < -0.3 is 15.6 Å². The summed E-state index contributed by atoms with van der Waals surface area (Å²) in [7, 11) is 0. The lowest BCUT2D eigenvalue weighted by atomic mass is 9.69. The number of hydrogen-bond acceptors (Lipinski definition) is 4. The lowest BCUT2D eigenvalue weighted by molar-refractivity contribution is -0.142. The number of fused-ring (bicyclic) bond motifs is 4. The van der Waals surface area contributed by atoms with Gasteiger partial charge in [-0.2, -0.15) is 0 Å². The minimum atomic E-state index is -0.469. The van der Waals surface area contributed by atoms with E-state index in [4.69, 9.17) is 5.73 Å². The van der Waals surface area contributed by atoms with E-state index in [0.29, 0.717) is 30.3 Å². The quantitative estimate of drug-likeness (QED) is 0.778. The van der Waals surface area contributed by atoms with E-state index < -0.39 is 6.04 Å². The van der Waals surface area contributed by atoms with E-state index in [1.54, 1.807) is 12.5 Å². The summed E-state index contributed by atoms with van der Waals surface area (Å²) in [6.07, 6.45) is 17.8. The van der Waals surface area contributed by atoms with Crippen molar-refractivity contribution < 1.29 is 4.79 Å². The van der Waals surface area contributed by atoms with Gasteiger partial charge in [0.05, 0.1) is 12.4 Å². The molecule has 6 heteroatoms. The average Bonchev–Trinajstić information content (AvgIpc) is 3.30. The Bertz CT molecular complexity index is 700. The van der Waals surface area contributed by atoms with Crippen molar-refractivity contribution >= 4 is 5.91 Å². The van der Waals surface area contributed by atoms with Crippen LogP contribution < -0.4 is 5.73 Å². The number of carbonyl (C=O) groups excluding carboxylic acids is 1. The highest BCUT2D eigenvalue weighted by Gasteiger charge is 2.48. The van der Waals surface area contributed by atoms with Crippen molar-refractivity contribution in [1.29, 1.82) is 0 Å². The van der Waals surface area contributed by atoms with Crippen molar-refractivity contribution in [2.24, 2.45) is 23.5 Å². The van der Waals surface area contributed by atoms with Crippen molar-refractivity contribution in [3.05, 3.63) is 18.2 Å². The molecule has 3 saturated heterocycles. The smallest absolute Gasteiger partial charge is 0.239 e. The first kappa shape index (κ1) is 20.5. The molecule has 0 aromatic carbocycles. The fourth-order valence-corrected chi connectivity index (χ4v) is 7.13. The van der Waals surface area contributed by atoms with Crippen LogP contribution in [0.5, 0.6) is 0 Å². The third kappa shape index (κ3) is 4.18. The Morgan fingerprint density at radius 3 is 2.73 bits per heavy atom. The summed E-state index contributed by atoms with van der Waals surface area (Å²) < 4.78 is 0. The van der Waals surface area contributed by atoms with Crippen molar-refractivity contribution in [3.8, 4) is 0 Å². The van der Waals surface area contributed by atoms with Crippen molar-refractivity contribution in [2.45, 2.75) is 88.8 Å². The minimum absolute atomic E-state index is 0.139. The van der Waals surface area contributed by atoms with Crippen molar-refractivity contribution in [2.75, 3.05) is 19.6 Å². The second-order valence-corrected chi connectivity index (χ2v) is 10.5. The number of amides is 1. The second-order valence-electron chi connectivity index (χ2n) is 10.5. The first-order valence-electron chi connectivity index (χ1n) is 12.5. The predicted molar refractivity (Wildman–Crippen MR) is 118 cm³/mol. The van der Waals surface area contributed by atoms with E-state index in [1.165, 1.54) is 70.8 Å². The molecule has 4 heterocycles. The summed E-state index contributed by atoms with van der Waals surface area (Å²) in [5.74, 6) is 2.30. The molecule has 166 valence electrons. The van der Waals surface area contributed by atoms with Crippen molar-refractivity contribution in [3.63, 3.8) is 0 Å². The molecule has 5 rings (SSSR count). The zero-order valence-electron chi connectivity index (χ0n) is 18.3. The van der Waals surface area contributed by atoms with Gasteiger partial charge in [-0.1, -0.05) is 38.5 Å². The predicted octanol–water partition coefficient (Wildman–Crippen LogP) is 2.95. The van der Waals surface area contributed by atoms with E-state index in [2.05, 4.69) is 19.8 Å². The summed E-state index contributed by atoms with van der Waals surface area (Å²) in [6.45, 7) is 3.10. The summed E-state index contributed by atoms with van der Waals surface area (Å²) in [6, 6.07) is 0.889. The van der Waals surface area contributed by atoms with Crippen molar-refractivity contribution in [1.82, 2.24) is 19.8 Å². The highest BCUT2D eigenvalue weighted by Crippen LogP contribution is 2.44. The maximum absolute atomic E-state index is 13.3. The number of nitrogens with zero attached hydrogens (tertiary/aromatic N) is 3. The normalized spacial score (nSPS) is 33.8. The van der Waals surface area contributed by atoms with Gasteiger partial charge in [0.25, 0.3) is 0 Å². The molecule has 1 saturated carbocycles. The summed E-state index contributed by atoms with van der Waals surface area (Å²) >= 11 is 0. The molecule has 0 spiro atoms. The summed E-state index contributed by atoms with van der Waals surface area (Å²) in [4.78, 5) is 25.5. The number of aromatic amines is 1. The number of imidazole rings is 1. The van der Waals surface area contributed by atoms with E-state index >= 15 is 0 Å². The highest BCUT2D eigenvalue weighted by molar-refractivity contribution is 5.82. The zero-order chi connectivity index (χ0) is 20.5. The fourth-order valence-electron chi connectivity index (χ4n) is 7.13. The Morgan fingerprint density at radius 2 is 1.93 bits per heavy atom. The van der Waals surface area contributed by atoms with Gasteiger partial charge in [-0.15, -0.1) is 0 Å². The molecule has 30 heavy (non-hydrogen) atoms. The number of aromatic nitrogens is 2. The SMILES string of the molecule is N[C@@H](Cc1cnc[nH]1)C(=O)N1C[C@H]2C[C@@H](C1)[C@H](CC1CCCCC1)N1CCCC[C@@H]21. The molecule has 0 radical (unpaired) electrons. The van der Waals surface area contributed by atoms with E-state index in [-0.39, 0.29) is 5.91 Å². The van der Waals surface area contributed by atoms with Crippen LogP contribution in [0.25, 0.3) is 0 Å². The molecule has 1 aromatic heterocycles. The molecule has 5 atom stereocenters. The average molecular weight is 414 g/mol. The molecule has 6 nitrogen and oxygen atoms in total. The number of carbonyl (C=O) groups is 1. The Kier molecular flexibility index (Phi) is 6.15. The topological polar surface area (TPSA) is 78.2 Å². The lowest BCUT2D eigenvalue weighted by Gasteiger charge is -2.57. The molecular formula is C24H39N5O. The fraction of sp³-hybridized carbons (Fsp3) is 0.833. The standard InChI is InChI=1S/C24H39N5O/c25-21(12-20-13-26-16-27-20)24(30)28-14-18-11-19(15-28)23(10-17-6-2-1-3-7-17)29-9-5-4-8-22(18)29/h13,16-19,21-23H,1-12,14-15,25H2,(H,26,27)/t18-,19+,21+,22+,23+/m1/s1. The van der Waals surface area contributed by atoms with Crippen LogP contribution in [0, 0.1) is 17.8 Å². The first-order chi connectivity index (χ1) is 14.7. The molecular weight excluding hydrogens is 374 g/mol. The Hall–Kier alpha value is -1.40. The third-order valence-electron chi connectivity index (χ3n) is 8.54. The molecule has 3 N–H and O–H groups in total. The van der Waals surface area contributed by atoms with Gasteiger partial charge in [-0.25, -0.2) is 4.98 Å². The lowest BCUT2D eigenvalue weighted by Crippen LogP contribution is -2.65. The summed E-state index contributed by atoms with van der Waals surface area (Å²) in [5, 5.41) is 0. The molecule has 4 fully saturated rings. The van der Waals surface area contributed by atoms with Crippen LogP contribution >= 0.6 is 0 Å². The number of rotatable bonds is 5. The molecule has 3 aliphatic heterocycles. The maximum atomic E-state index is 13.3. The molecule has 2 bridgehead atoms. The number of hydrogen-bond donors (Lipinski definition) is 2. The van der Waals surface area contributed by atoms with Gasteiger partial charge in [0.15, 0.2) is 0 Å². The largest absolute Gasteiger partial charge is 0.348 e. The van der Waals surface area contributed by atoms with E-state index in [1.807, 2.05) is 0 Å².